The van der Waals surface area contributed by atoms with E-state index in [9.17, 15) is 9.59 Å². The fourth-order valence-electron chi connectivity index (χ4n) is 4.07. The molecule has 4 rings (SSSR count). The Labute approximate surface area is 151 Å². The molecule has 0 aliphatic heterocycles. The molecule has 1 atom stereocenters. The lowest BCUT2D eigenvalue weighted by Gasteiger charge is -2.25. The van der Waals surface area contributed by atoms with E-state index in [1.807, 2.05) is 47.3 Å². The number of amides is 1. The van der Waals surface area contributed by atoms with Gasteiger partial charge >= 0.3 is 0 Å². The van der Waals surface area contributed by atoms with Crippen LogP contribution in [0.2, 0.25) is 0 Å². The zero-order valence-electron chi connectivity index (χ0n) is 15.2. The molecule has 2 aromatic heterocycles. The van der Waals surface area contributed by atoms with Crippen LogP contribution in [0.1, 0.15) is 50.8 Å². The van der Waals surface area contributed by atoms with Crippen molar-refractivity contribution in [2.75, 3.05) is 0 Å². The third-order valence-electron chi connectivity index (χ3n) is 5.39. The molecule has 0 unspecified atom stereocenters. The third kappa shape index (κ3) is 2.79. The molecule has 1 saturated carbocycles. The fourth-order valence-corrected chi connectivity index (χ4v) is 4.07. The van der Waals surface area contributed by atoms with E-state index in [-0.39, 0.29) is 17.5 Å². The van der Waals surface area contributed by atoms with Crippen LogP contribution >= 0.6 is 0 Å². The Kier molecular flexibility index (Phi) is 4.26. The van der Waals surface area contributed by atoms with Crippen LogP contribution in [0, 0.1) is 6.92 Å². The summed E-state index contributed by atoms with van der Waals surface area (Å²) < 4.78 is 3.84. The van der Waals surface area contributed by atoms with E-state index < -0.39 is 6.04 Å². The van der Waals surface area contributed by atoms with Crippen LogP contribution < -0.4 is 10.9 Å². The van der Waals surface area contributed by atoms with Crippen LogP contribution in [0.4, 0.5) is 0 Å². The molecule has 0 bridgehead atoms. The van der Waals surface area contributed by atoms with E-state index >= 15 is 0 Å². The molecule has 0 saturated heterocycles. The predicted molar refractivity (Wildman–Crippen MR) is 101 cm³/mol. The smallest absolute Gasteiger partial charge is 0.273 e. The van der Waals surface area contributed by atoms with Crippen molar-refractivity contribution in [2.24, 2.45) is 0 Å². The number of para-hydroxylation sites is 1. The molecule has 26 heavy (non-hydrogen) atoms. The van der Waals surface area contributed by atoms with E-state index in [1.54, 1.807) is 0 Å². The number of aryl methyl sites for hydroxylation is 1. The van der Waals surface area contributed by atoms with Gasteiger partial charge < -0.3 is 5.32 Å². The quantitative estimate of drug-likeness (QED) is 0.788. The number of nitrogens with zero attached hydrogens (tertiary/aromatic N) is 3. The van der Waals surface area contributed by atoms with Crippen LogP contribution in [-0.4, -0.2) is 26.1 Å². The number of fused-ring (bicyclic) bond motifs is 3. The maximum absolute atomic E-state index is 12.9. The average molecular weight is 352 g/mol. The Morgan fingerprint density at radius 1 is 1.23 bits per heavy atom. The van der Waals surface area contributed by atoms with Gasteiger partial charge in [-0.25, -0.2) is 4.52 Å². The van der Waals surface area contributed by atoms with Gasteiger partial charge in [-0.15, -0.1) is 0 Å². The lowest BCUT2D eigenvalue weighted by Crippen LogP contribution is -2.40. The first kappa shape index (κ1) is 16.8. The Hall–Kier alpha value is -2.63. The highest BCUT2D eigenvalue weighted by Crippen LogP contribution is 2.25. The van der Waals surface area contributed by atoms with E-state index in [0.717, 1.165) is 29.4 Å². The van der Waals surface area contributed by atoms with Gasteiger partial charge in [0.2, 0.25) is 5.91 Å². The normalized spacial score (nSPS) is 16.8. The minimum absolute atomic E-state index is 0.0117. The van der Waals surface area contributed by atoms with Crippen molar-refractivity contribution in [2.45, 2.75) is 58.0 Å². The van der Waals surface area contributed by atoms with Crippen LogP contribution in [0.3, 0.4) is 0 Å². The number of nitrogens with one attached hydrogen (secondary N) is 1. The molecule has 1 aliphatic carbocycles. The summed E-state index contributed by atoms with van der Waals surface area (Å²) in [5, 5.41) is 4.09. The lowest BCUT2D eigenvalue weighted by molar-refractivity contribution is -0.125. The molecule has 3 aromatic rings. The third-order valence-corrected chi connectivity index (χ3v) is 5.39. The number of hydrogen-bond donors (Lipinski definition) is 1. The van der Waals surface area contributed by atoms with Gasteiger partial charge in [0.25, 0.3) is 5.56 Å². The number of benzene rings is 1. The molecule has 1 N–H and O–H groups in total. The van der Waals surface area contributed by atoms with Gasteiger partial charge in [0.15, 0.2) is 5.65 Å². The van der Waals surface area contributed by atoms with Crippen molar-refractivity contribution in [1.82, 2.24) is 19.5 Å². The largest absolute Gasteiger partial charge is 0.352 e. The van der Waals surface area contributed by atoms with Gasteiger partial charge in [-0.2, -0.15) is 4.98 Å². The summed E-state index contributed by atoms with van der Waals surface area (Å²) in [4.78, 5) is 29.1. The van der Waals surface area contributed by atoms with Crippen molar-refractivity contribution >= 4 is 22.5 Å². The molecular weight excluding hydrogens is 328 g/mol. The minimum atomic E-state index is -0.401. The molecule has 1 fully saturated rings. The first-order valence-corrected chi connectivity index (χ1v) is 9.36. The zero-order valence-corrected chi connectivity index (χ0v) is 15.2. The summed E-state index contributed by atoms with van der Waals surface area (Å²) in [5.74, 6) is 0.0117. The second-order valence-electron chi connectivity index (χ2n) is 7.25. The van der Waals surface area contributed by atoms with Crippen molar-refractivity contribution in [3.05, 3.63) is 46.4 Å². The van der Waals surface area contributed by atoms with Crippen molar-refractivity contribution in [3.63, 3.8) is 0 Å². The lowest BCUT2D eigenvalue weighted by atomic mass is 9.95. The molecule has 1 aliphatic rings. The van der Waals surface area contributed by atoms with E-state index in [1.165, 1.54) is 25.3 Å². The van der Waals surface area contributed by atoms with Crippen molar-refractivity contribution < 1.29 is 4.79 Å². The van der Waals surface area contributed by atoms with Crippen LogP contribution in [0.5, 0.6) is 0 Å². The molecule has 0 radical (unpaired) electrons. The van der Waals surface area contributed by atoms with Gasteiger partial charge in [0.05, 0.1) is 5.52 Å². The molecule has 6 heteroatoms. The van der Waals surface area contributed by atoms with E-state index in [2.05, 4.69) is 10.3 Å². The highest BCUT2D eigenvalue weighted by molar-refractivity contribution is 5.94. The number of hydrogen-bond acceptors (Lipinski definition) is 3. The molecule has 2 heterocycles. The monoisotopic (exact) mass is 352 g/mol. The second-order valence-corrected chi connectivity index (χ2v) is 7.25. The Morgan fingerprint density at radius 2 is 1.96 bits per heavy atom. The summed E-state index contributed by atoms with van der Waals surface area (Å²) in [6.07, 6.45) is 5.72. The predicted octanol–water partition coefficient (Wildman–Crippen LogP) is 2.97. The van der Waals surface area contributed by atoms with Gasteiger partial charge in [0, 0.05) is 23.2 Å². The Balaban J connectivity index is 1.81. The van der Waals surface area contributed by atoms with Crippen LogP contribution in [0.25, 0.3) is 16.6 Å². The Bertz CT molecular complexity index is 1030. The molecule has 1 amide bonds. The van der Waals surface area contributed by atoms with E-state index in [4.69, 9.17) is 0 Å². The first-order valence-electron chi connectivity index (χ1n) is 9.36. The summed E-state index contributed by atoms with van der Waals surface area (Å²) in [5.41, 5.74) is 2.01. The molecule has 0 spiro atoms. The molecule has 6 nitrogen and oxygen atoms in total. The van der Waals surface area contributed by atoms with Crippen LogP contribution in [0.15, 0.2) is 35.1 Å². The molecular formula is C20H24N4O2. The van der Waals surface area contributed by atoms with Crippen molar-refractivity contribution in [1.29, 1.82) is 0 Å². The molecule has 136 valence electrons. The van der Waals surface area contributed by atoms with Gasteiger partial charge in [-0.05, 0) is 38.8 Å². The number of carbonyl (C=O) groups excluding carboxylic acids is 1. The second kappa shape index (κ2) is 6.59. The average Bonchev–Trinajstić information content (AvgIpc) is 2.97. The van der Waals surface area contributed by atoms with Gasteiger partial charge in [0.1, 0.15) is 6.04 Å². The molecule has 1 aromatic carbocycles. The highest BCUT2D eigenvalue weighted by atomic mass is 16.2. The van der Waals surface area contributed by atoms with Crippen LogP contribution in [-0.2, 0) is 4.79 Å². The Morgan fingerprint density at radius 3 is 2.73 bits per heavy atom. The van der Waals surface area contributed by atoms with Gasteiger partial charge in [-0.1, -0.05) is 31.4 Å². The minimum Gasteiger partial charge on any atom is -0.352 e. The maximum atomic E-state index is 12.9. The maximum Gasteiger partial charge on any atom is 0.273 e. The summed E-state index contributed by atoms with van der Waals surface area (Å²) in [7, 11) is 0. The summed E-state index contributed by atoms with van der Waals surface area (Å²) in [6.45, 7) is 3.78. The number of rotatable bonds is 3. The zero-order chi connectivity index (χ0) is 18.3. The summed E-state index contributed by atoms with van der Waals surface area (Å²) in [6, 6.07) is 9.16. The first-order chi connectivity index (χ1) is 12.6. The number of aromatic nitrogens is 3. The van der Waals surface area contributed by atoms with Crippen molar-refractivity contribution in [3.8, 4) is 0 Å². The summed E-state index contributed by atoms with van der Waals surface area (Å²) >= 11 is 0. The fraction of sp³-hybridized carbons (Fsp3) is 0.450. The SMILES string of the molecule is Cc1cc(=O)nc2c3ccccc3n([C@H](C)C(=O)NC3CCCCC3)n12. The standard InChI is InChI=1S/C20H24N4O2/c1-13-12-18(25)22-19-16-10-6-7-11-17(16)24(23(13)19)14(2)20(26)21-15-8-4-3-5-9-15/h6-7,10-12,14-15H,3-5,8-9H2,1-2H3,(H,21,26)/t14-/m1/s1. The van der Waals surface area contributed by atoms with Gasteiger partial charge in [-0.3, -0.25) is 14.3 Å². The van der Waals surface area contributed by atoms with E-state index in [0.29, 0.717) is 5.65 Å². The number of carbonyl (C=O) groups is 1. The highest BCUT2D eigenvalue weighted by Gasteiger charge is 2.24. The topological polar surface area (TPSA) is 68.4 Å².